The molecular weight excluding hydrogens is 420 g/mol. The topological polar surface area (TPSA) is 84.9 Å². The van der Waals surface area contributed by atoms with Crippen LogP contribution in [0.4, 0.5) is 0 Å². The molecular formula is C23H27ClN2O5. The number of ether oxygens (including phenoxy) is 2. The van der Waals surface area contributed by atoms with E-state index in [9.17, 15) is 14.4 Å². The summed E-state index contributed by atoms with van der Waals surface area (Å²) in [4.78, 5) is 38.2. The third-order valence-electron chi connectivity index (χ3n) is 4.82. The fourth-order valence-electron chi connectivity index (χ4n) is 3.19. The van der Waals surface area contributed by atoms with Crippen molar-refractivity contribution in [1.82, 2.24) is 10.2 Å². The minimum absolute atomic E-state index is 0. The van der Waals surface area contributed by atoms with E-state index in [1.807, 2.05) is 60.7 Å². The van der Waals surface area contributed by atoms with Gasteiger partial charge in [0.25, 0.3) is 0 Å². The van der Waals surface area contributed by atoms with Gasteiger partial charge in [-0.15, -0.1) is 12.4 Å². The fraction of sp³-hybridized carbons (Fsp3) is 0.348. The largest absolute Gasteiger partial charge is 0.461 e. The van der Waals surface area contributed by atoms with Gasteiger partial charge in [0, 0.05) is 19.5 Å². The van der Waals surface area contributed by atoms with Gasteiger partial charge in [0.2, 0.25) is 5.91 Å². The number of carbonyl (C=O) groups is 3. The van der Waals surface area contributed by atoms with Crippen LogP contribution in [0.2, 0.25) is 0 Å². The summed E-state index contributed by atoms with van der Waals surface area (Å²) in [5, 5.41) is 3.11. The number of piperazine rings is 1. The van der Waals surface area contributed by atoms with Crippen LogP contribution < -0.4 is 5.32 Å². The Labute approximate surface area is 188 Å². The standard InChI is InChI=1S/C23H26N2O5.ClH/c26-21(29-16-18-7-3-1-4-8-18)12-11-20-23(28)25(14-13-24-20)15-22(27)30-17-19-9-5-2-6-10-19;/h1-10,20,24H,11-17H2;1H/t20-;/m0./s1. The highest BCUT2D eigenvalue weighted by molar-refractivity contribution is 5.87. The van der Waals surface area contributed by atoms with Crippen LogP contribution in [0.15, 0.2) is 60.7 Å². The van der Waals surface area contributed by atoms with Crippen LogP contribution in [0.3, 0.4) is 0 Å². The molecule has 1 N–H and O–H groups in total. The van der Waals surface area contributed by atoms with Crippen LogP contribution >= 0.6 is 12.4 Å². The molecule has 0 bridgehead atoms. The number of carbonyl (C=O) groups excluding carboxylic acids is 3. The first-order valence-electron chi connectivity index (χ1n) is 10.0. The van der Waals surface area contributed by atoms with Gasteiger partial charge in [-0.25, -0.2) is 0 Å². The molecule has 0 aromatic heterocycles. The van der Waals surface area contributed by atoms with Crippen molar-refractivity contribution >= 4 is 30.3 Å². The van der Waals surface area contributed by atoms with Gasteiger partial charge in [0.1, 0.15) is 19.8 Å². The number of benzene rings is 2. The summed E-state index contributed by atoms with van der Waals surface area (Å²) in [5.41, 5.74) is 1.81. The first-order valence-corrected chi connectivity index (χ1v) is 10.0. The smallest absolute Gasteiger partial charge is 0.325 e. The van der Waals surface area contributed by atoms with Crippen molar-refractivity contribution in [3.05, 3.63) is 71.8 Å². The van der Waals surface area contributed by atoms with Crippen molar-refractivity contribution in [3.63, 3.8) is 0 Å². The molecule has 1 fully saturated rings. The average Bonchev–Trinajstić information content (AvgIpc) is 2.78. The number of esters is 2. The second-order valence-corrected chi connectivity index (χ2v) is 7.10. The molecule has 7 nitrogen and oxygen atoms in total. The zero-order valence-electron chi connectivity index (χ0n) is 17.2. The van der Waals surface area contributed by atoms with Crippen LogP contribution in [0.25, 0.3) is 0 Å². The van der Waals surface area contributed by atoms with Crippen molar-refractivity contribution in [3.8, 4) is 0 Å². The first-order chi connectivity index (χ1) is 14.6. The molecule has 0 spiro atoms. The first kappa shape index (κ1) is 24.4. The summed E-state index contributed by atoms with van der Waals surface area (Å²) in [5.74, 6) is -1.00. The van der Waals surface area contributed by atoms with E-state index in [1.165, 1.54) is 4.90 Å². The second kappa shape index (κ2) is 12.7. The molecule has 0 radical (unpaired) electrons. The van der Waals surface area contributed by atoms with Crippen LogP contribution in [0.1, 0.15) is 24.0 Å². The number of hydrogen-bond acceptors (Lipinski definition) is 6. The maximum atomic E-state index is 12.6. The summed E-state index contributed by atoms with van der Waals surface area (Å²) in [6, 6.07) is 18.3. The zero-order valence-corrected chi connectivity index (χ0v) is 18.0. The number of nitrogens with one attached hydrogen (secondary N) is 1. The van der Waals surface area contributed by atoms with E-state index in [0.29, 0.717) is 19.5 Å². The Morgan fingerprint density at radius 1 is 0.903 bits per heavy atom. The Balaban J connectivity index is 0.00000341. The third-order valence-corrected chi connectivity index (χ3v) is 4.82. The van der Waals surface area contributed by atoms with Gasteiger partial charge in [0.15, 0.2) is 0 Å². The molecule has 166 valence electrons. The summed E-state index contributed by atoms with van der Waals surface area (Å²) in [7, 11) is 0. The maximum Gasteiger partial charge on any atom is 0.325 e. The molecule has 2 aromatic carbocycles. The van der Waals surface area contributed by atoms with Crippen LogP contribution in [0, 0.1) is 0 Å². The van der Waals surface area contributed by atoms with E-state index in [4.69, 9.17) is 9.47 Å². The highest BCUT2D eigenvalue weighted by atomic mass is 35.5. The molecule has 0 aliphatic carbocycles. The number of rotatable bonds is 9. The van der Waals surface area contributed by atoms with Gasteiger partial charge in [-0.3, -0.25) is 14.4 Å². The van der Waals surface area contributed by atoms with Crippen LogP contribution in [0.5, 0.6) is 0 Å². The number of nitrogens with zero attached hydrogens (tertiary/aromatic N) is 1. The predicted octanol–water partition coefficient (Wildman–Crippen LogP) is 2.48. The minimum atomic E-state index is -0.509. The van der Waals surface area contributed by atoms with Crippen LogP contribution in [-0.2, 0) is 37.1 Å². The molecule has 31 heavy (non-hydrogen) atoms. The zero-order chi connectivity index (χ0) is 21.2. The highest BCUT2D eigenvalue weighted by Crippen LogP contribution is 2.10. The summed E-state index contributed by atoms with van der Waals surface area (Å²) in [6.07, 6.45) is 0.449. The van der Waals surface area contributed by atoms with Crippen LogP contribution in [-0.4, -0.2) is 48.4 Å². The SMILES string of the molecule is Cl.O=C(CC[C@@H]1NCCN(CC(=O)OCc2ccccc2)C1=O)OCc1ccccc1. The Morgan fingerprint density at radius 3 is 2.03 bits per heavy atom. The number of hydrogen-bond donors (Lipinski definition) is 1. The fourth-order valence-corrected chi connectivity index (χ4v) is 3.19. The lowest BCUT2D eigenvalue weighted by molar-refractivity contribution is -0.152. The molecule has 1 aliphatic heterocycles. The number of halogens is 1. The van der Waals surface area contributed by atoms with Gasteiger partial charge in [-0.2, -0.15) is 0 Å². The molecule has 1 saturated heterocycles. The third kappa shape index (κ3) is 8.03. The minimum Gasteiger partial charge on any atom is -0.461 e. The lowest BCUT2D eigenvalue weighted by atomic mass is 10.1. The van der Waals surface area contributed by atoms with Gasteiger partial charge in [0.05, 0.1) is 6.04 Å². The molecule has 8 heteroatoms. The van der Waals surface area contributed by atoms with E-state index in [2.05, 4.69) is 5.32 Å². The van der Waals surface area contributed by atoms with Gasteiger partial charge in [-0.1, -0.05) is 60.7 Å². The van der Waals surface area contributed by atoms with Crippen molar-refractivity contribution in [2.45, 2.75) is 32.1 Å². The van der Waals surface area contributed by atoms with Crippen molar-refractivity contribution in [1.29, 1.82) is 0 Å². The van der Waals surface area contributed by atoms with Crippen molar-refractivity contribution in [2.75, 3.05) is 19.6 Å². The Hall–Kier alpha value is -2.90. The molecule has 0 saturated carbocycles. The van der Waals surface area contributed by atoms with Gasteiger partial charge in [-0.05, 0) is 17.5 Å². The summed E-state index contributed by atoms with van der Waals surface area (Å²) >= 11 is 0. The highest BCUT2D eigenvalue weighted by Gasteiger charge is 2.30. The number of amides is 1. The van der Waals surface area contributed by atoms with E-state index >= 15 is 0 Å². The molecule has 1 atom stereocenters. The van der Waals surface area contributed by atoms with Gasteiger partial charge >= 0.3 is 11.9 Å². The Bertz CT molecular complexity index is 848. The maximum absolute atomic E-state index is 12.6. The second-order valence-electron chi connectivity index (χ2n) is 7.10. The molecule has 2 aromatic rings. The summed E-state index contributed by atoms with van der Waals surface area (Å²) in [6.45, 7) is 1.28. The van der Waals surface area contributed by atoms with Crippen molar-refractivity contribution in [2.24, 2.45) is 0 Å². The average molecular weight is 447 g/mol. The van der Waals surface area contributed by atoms with Gasteiger partial charge < -0.3 is 19.7 Å². The Kier molecular flexibility index (Phi) is 10.00. The molecule has 0 unspecified atom stereocenters. The van der Waals surface area contributed by atoms with Crippen molar-refractivity contribution < 1.29 is 23.9 Å². The normalized spacial score (nSPS) is 15.7. The molecule has 1 heterocycles. The lowest BCUT2D eigenvalue weighted by Gasteiger charge is -2.32. The monoisotopic (exact) mass is 446 g/mol. The quantitative estimate of drug-likeness (QED) is 0.596. The van der Waals surface area contributed by atoms with E-state index in [1.54, 1.807) is 0 Å². The van der Waals surface area contributed by atoms with E-state index < -0.39 is 12.0 Å². The van der Waals surface area contributed by atoms with E-state index in [-0.39, 0.29) is 50.5 Å². The molecule has 3 rings (SSSR count). The van der Waals surface area contributed by atoms with E-state index in [0.717, 1.165) is 11.1 Å². The summed E-state index contributed by atoms with van der Waals surface area (Å²) < 4.78 is 10.5. The molecule has 1 amide bonds. The lowest BCUT2D eigenvalue weighted by Crippen LogP contribution is -2.56. The molecule has 1 aliphatic rings. The Morgan fingerprint density at radius 2 is 1.45 bits per heavy atom. The predicted molar refractivity (Wildman–Crippen MR) is 117 cm³/mol.